The van der Waals surface area contributed by atoms with Gasteiger partial charge >= 0.3 is 0 Å². The van der Waals surface area contributed by atoms with Gasteiger partial charge in [0.1, 0.15) is 6.10 Å². The van der Waals surface area contributed by atoms with Gasteiger partial charge in [0.05, 0.1) is 29.7 Å². The highest BCUT2D eigenvalue weighted by Crippen LogP contribution is 2.29. The van der Waals surface area contributed by atoms with Gasteiger partial charge < -0.3 is 19.5 Å². The van der Waals surface area contributed by atoms with Crippen LogP contribution in [0.2, 0.25) is 0 Å². The number of hydrogen-bond acceptors (Lipinski definition) is 7. The second-order valence-corrected chi connectivity index (χ2v) is 7.64. The van der Waals surface area contributed by atoms with Crippen molar-refractivity contribution in [3.63, 3.8) is 0 Å². The predicted molar refractivity (Wildman–Crippen MR) is 112 cm³/mol. The van der Waals surface area contributed by atoms with E-state index in [1.807, 2.05) is 0 Å². The number of carbonyl (C=O) groups is 3. The minimum absolute atomic E-state index is 0.0290. The van der Waals surface area contributed by atoms with E-state index in [0.29, 0.717) is 26.1 Å². The van der Waals surface area contributed by atoms with Crippen molar-refractivity contribution in [2.24, 2.45) is 10.3 Å². The summed E-state index contributed by atoms with van der Waals surface area (Å²) in [5.74, 6) is -2.11. The number of amides is 2. The van der Waals surface area contributed by atoms with Crippen molar-refractivity contribution in [2.45, 2.75) is 18.9 Å². The van der Waals surface area contributed by atoms with Gasteiger partial charge in [-0.1, -0.05) is 5.22 Å². The summed E-state index contributed by atoms with van der Waals surface area (Å²) in [6.07, 6.45) is 3.42. The van der Waals surface area contributed by atoms with Crippen LogP contribution in [-0.2, 0) is 14.3 Å². The van der Waals surface area contributed by atoms with Gasteiger partial charge in [-0.3, -0.25) is 14.4 Å². The molecule has 0 radical (unpaired) electrons. The second kappa shape index (κ2) is 8.99. The third-order valence-electron chi connectivity index (χ3n) is 5.70. The van der Waals surface area contributed by atoms with Crippen LogP contribution in [0.4, 0.5) is 10.2 Å². The number of anilines is 1. The van der Waals surface area contributed by atoms with Crippen molar-refractivity contribution in [3.8, 4) is 0 Å². The summed E-state index contributed by atoms with van der Waals surface area (Å²) < 4.78 is 20.0. The summed E-state index contributed by atoms with van der Waals surface area (Å²) in [5.41, 5.74) is 0.161. The predicted octanol–water partition coefficient (Wildman–Crippen LogP) is 1.17. The Kier molecular flexibility index (Phi) is 6.12. The molecule has 2 aliphatic heterocycles. The first-order valence-corrected chi connectivity index (χ1v) is 10.4. The molecule has 1 N–H and O–H groups in total. The van der Waals surface area contributed by atoms with Crippen molar-refractivity contribution in [1.82, 2.24) is 19.8 Å². The van der Waals surface area contributed by atoms with Gasteiger partial charge in [-0.2, -0.15) is 5.11 Å². The van der Waals surface area contributed by atoms with E-state index in [-0.39, 0.29) is 41.3 Å². The summed E-state index contributed by atoms with van der Waals surface area (Å²) in [7, 11) is 3.06. The molecule has 2 aromatic rings. The number of aromatic amines is 1. The van der Waals surface area contributed by atoms with E-state index in [0.717, 1.165) is 12.6 Å². The number of ether oxygens (including phenoxy) is 1. The molecule has 0 saturated carbocycles. The standard InChI is InChI=1S/C20H24FN7O4/c1-22-25-26(2)18-16-15(13(21)11-24-18)12(10-23-16)17(29)20(31)28-7-5-27(6-8-28)19(30)14-4-3-9-32-14/h10-11,14,23H,3-9H2,1-2H3. The lowest BCUT2D eigenvalue weighted by atomic mass is 10.1. The van der Waals surface area contributed by atoms with E-state index in [9.17, 15) is 18.8 Å². The first-order valence-electron chi connectivity index (χ1n) is 10.4. The van der Waals surface area contributed by atoms with Crippen LogP contribution in [0.25, 0.3) is 10.9 Å². The molecule has 0 aromatic carbocycles. The Morgan fingerprint density at radius 1 is 1.25 bits per heavy atom. The highest BCUT2D eigenvalue weighted by molar-refractivity contribution is 6.45. The first-order chi connectivity index (χ1) is 15.4. The van der Waals surface area contributed by atoms with Crippen molar-refractivity contribution >= 4 is 34.3 Å². The summed E-state index contributed by atoms with van der Waals surface area (Å²) in [4.78, 5) is 48.2. The number of nitrogens with zero attached hydrogens (tertiary/aromatic N) is 6. The number of H-pyrrole nitrogens is 1. The highest BCUT2D eigenvalue weighted by atomic mass is 19.1. The van der Waals surface area contributed by atoms with Crippen LogP contribution in [0.3, 0.4) is 0 Å². The molecule has 170 valence electrons. The van der Waals surface area contributed by atoms with Crippen LogP contribution in [0, 0.1) is 5.82 Å². The number of piperazine rings is 1. The highest BCUT2D eigenvalue weighted by Gasteiger charge is 2.34. The quantitative estimate of drug-likeness (QED) is 0.319. The monoisotopic (exact) mass is 445 g/mol. The molecular weight excluding hydrogens is 421 g/mol. The van der Waals surface area contributed by atoms with Crippen LogP contribution >= 0.6 is 0 Å². The van der Waals surface area contributed by atoms with Gasteiger partial charge in [0, 0.05) is 46.0 Å². The largest absolute Gasteiger partial charge is 0.368 e. The lowest BCUT2D eigenvalue weighted by Crippen LogP contribution is -2.54. The molecule has 4 rings (SSSR count). The lowest BCUT2D eigenvalue weighted by molar-refractivity contribution is -0.144. The maximum atomic E-state index is 14.6. The average molecular weight is 445 g/mol. The molecule has 4 heterocycles. The fourth-order valence-corrected chi connectivity index (χ4v) is 4.06. The van der Waals surface area contributed by atoms with Gasteiger partial charge in [0.2, 0.25) is 0 Å². The fourth-order valence-electron chi connectivity index (χ4n) is 4.06. The van der Waals surface area contributed by atoms with Gasteiger partial charge in [-0.15, -0.1) is 0 Å². The molecule has 1 atom stereocenters. The molecule has 11 nitrogen and oxygen atoms in total. The molecule has 0 spiro atoms. The number of Topliss-reactive ketones (excluding diaryl/α,β-unsaturated/α-hetero) is 1. The third kappa shape index (κ3) is 3.93. The Hall–Kier alpha value is -3.41. The van der Waals surface area contributed by atoms with Crippen LogP contribution in [-0.4, -0.2) is 90.4 Å². The van der Waals surface area contributed by atoms with Crippen LogP contribution in [0.15, 0.2) is 22.7 Å². The molecule has 12 heteroatoms. The third-order valence-corrected chi connectivity index (χ3v) is 5.70. The molecule has 2 fully saturated rings. The van der Waals surface area contributed by atoms with Gasteiger partial charge in [0.25, 0.3) is 17.6 Å². The molecule has 2 amide bonds. The number of nitrogens with one attached hydrogen (secondary N) is 1. The Labute approximate surface area is 183 Å². The molecule has 0 aliphatic carbocycles. The lowest BCUT2D eigenvalue weighted by Gasteiger charge is -2.35. The molecule has 0 bridgehead atoms. The number of rotatable bonds is 5. The van der Waals surface area contributed by atoms with E-state index in [4.69, 9.17) is 4.74 Å². The fraction of sp³-hybridized carbons (Fsp3) is 0.500. The Bertz CT molecular complexity index is 1070. The smallest absolute Gasteiger partial charge is 0.295 e. The van der Waals surface area contributed by atoms with Crippen molar-refractivity contribution in [3.05, 3.63) is 23.8 Å². The maximum Gasteiger partial charge on any atom is 0.295 e. The van der Waals surface area contributed by atoms with E-state index >= 15 is 0 Å². The molecule has 2 aromatic heterocycles. The van der Waals surface area contributed by atoms with Crippen molar-refractivity contribution in [1.29, 1.82) is 0 Å². The average Bonchev–Trinajstić information content (AvgIpc) is 3.49. The zero-order chi connectivity index (χ0) is 22.8. The van der Waals surface area contributed by atoms with E-state index in [2.05, 4.69) is 20.3 Å². The summed E-state index contributed by atoms with van der Waals surface area (Å²) in [6, 6.07) is 0. The number of aromatic nitrogens is 2. The maximum absolute atomic E-state index is 14.6. The molecular formula is C20H24FN7O4. The molecule has 2 saturated heterocycles. The van der Waals surface area contributed by atoms with E-state index in [1.54, 1.807) is 11.9 Å². The number of pyridine rings is 1. The number of hydrogen-bond donors (Lipinski definition) is 1. The molecule has 2 aliphatic rings. The minimum Gasteiger partial charge on any atom is -0.368 e. The first kappa shape index (κ1) is 21.8. The Morgan fingerprint density at radius 2 is 1.97 bits per heavy atom. The van der Waals surface area contributed by atoms with E-state index in [1.165, 1.54) is 23.2 Å². The number of fused-ring (bicyclic) bond motifs is 1. The van der Waals surface area contributed by atoms with Crippen molar-refractivity contribution in [2.75, 3.05) is 51.9 Å². The van der Waals surface area contributed by atoms with Gasteiger partial charge in [-0.25, -0.2) is 14.4 Å². The molecule has 32 heavy (non-hydrogen) atoms. The van der Waals surface area contributed by atoms with Crippen LogP contribution < -0.4 is 5.01 Å². The van der Waals surface area contributed by atoms with E-state index < -0.39 is 23.6 Å². The SMILES string of the molecule is CN=NN(C)c1ncc(F)c2c(C(=O)C(=O)N3CCN(C(=O)C4CCCO4)CC3)c[nH]c12. The minimum atomic E-state index is -0.828. The van der Waals surface area contributed by atoms with Crippen LogP contribution in [0.1, 0.15) is 23.2 Å². The number of halogens is 1. The number of ketones is 1. The summed E-state index contributed by atoms with van der Waals surface area (Å²) in [5, 5.41) is 8.80. The van der Waals surface area contributed by atoms with Crippen LogP contribution in [0.5, 0.6) is 0 Å². The van der Waals surface area contributed by atoms with Crippen molar-refractivity contribution < 1.29 is 23.5 Å². The second-order valence-electron chi connectivity index (χ2n) is 7.64. The molecule has 1 unspecified atom stereocenters. The summed E-state index contributed by atoms with van der Waals surface area (Å²) in [6.45, 7) is 1.67. The van der Waals surface area contributed by atoms with Gasteiger partial charge in [0.15, 0.2) is 11.6 Å². The zero-order valence-electron chi connectivity index (χ0n) is 17.9. The zero-order valence-corrected chi connectivity index (χ0v) is 17.9. The van der Waals surface area contributed by atoms with Gasteiger partial charge in [-0.05, 0) is 12.8 Å². The summed E-state index contributed by atoms with van der Waals surface area (Å²) >= 11 is 0. The normalized spacial score (nSPS) is 19.2. The Balaban J connectivity index is 1.49. The number of carbonyl (C=O) groups excluding carboxylic acids is 3. The Morgan fingerprint density at radius 3 is 2.62 bits per heavy atom. The topological polar surface area (TPSA) is 124 Å².